The molecular weight excluding hydrogens is 538 g/mol. The van der Waals surface area contributed by atoms with Gasteiger partial charge in [-0.25, -0.2) is 8.78 Å². The minimum absolute atomic E-state index is 0.112. The number of halogens is 2. The highest BCUT2D eigenvalue weighted by Gasteiger charge is 2.45. The minimum Gasteiger partial charge on any atom is -0.481 e. The van der Waals surface area contributed by atoms with Gasteiger partial charge < -0.3 is 30.4 Å². The lowest BCUT2D eigenvalue weighted by atomic mass is 9.83. The van der Waals surface area contributed by atoms with Crippen molar-refractivity contribution in [2.45, 2.75) is 103 Å². The van der Waals surface area contributed by atoms with Crippen molar-refractivity contribution in [2.75, 3.05) is 26.4 Å². The molecule has 0 aromatic heterocycles. The first-order valence-corrected chi connectivity index (χ1v) is 15.3. The van der Waals surface area contributed by atoms with Gasteiger partial charge in [-0.05, 0) is 46.9 Å². The fraction of sp³-hybridized carbons (Fsp3) is 0.647. The van der Waals surface area contributed by atoms with E-state index in [9.17, 15) is 8.78 Å². The van der Waals surface area contributed by atoms with Gasteiger partial charge in [0.05, 0.1) is 26.4 Å². The highest BCUT2D eigenvalue weighted by molar-refractivity contribution is 5.45. The van der Waals surface area contributed by atoms with Gasteiger partial charge in [0.25, 0.3) is 0 Å². The van der Waals surface area contributed by atoms with Crippen LogP contribution in [0.5, 0.6) is 11.5 Å². The maximum Gasteiger partial charge on any atom is 0.165 e. The smallest absolute Gasteiger partial charge is 0.165 e. The number of benzene rings is 2. The van der Waals surface area contributed by atoms with Crippen molar-refractivity contribution in [1.29, 1.82) is 0 Å². The second-order valence-corrected chi connectivity index (χ2v) is 15.3. The predicted molar refractivity (Wildman–Crippen MR) is 160 cm³/mol. The van der Waals surface area contributed by atoms with Gasteiger partial charge in [-0.2, -0.15) is 0 Å². The molecule has 0 aliphatic carbocycles. The van der Waals surface area contributed by atoms with Crippen LogP contribution in [0.4, 0.5) is 8.78 Å². The topological polar surface area (TPSA) is 89.0 Å². The molecule has 0 radical (unpaired) electrons. The molecule has 6 nitrogen and oxygen atoms in total. The van der Waals surface area contributed by atoms with Crippen molar-refractivity contribution in [3.8, 4) is 11.5 Å². The molecule has 2 aromatic carbocycles. The summed E-state index contributed by atoms with van der Waals surface area (Å²) in [6.07, 6.45) is 4.58. The summed E-state index contributed by atoms with van der Waals surface area (Å²) in [4.78, 5) is 0. The van der Waals surface area contributed by atoms with Crippen molar-refractivity contribution in [3.05, 3.63) is 58.2 Å². The highest BCUT2D eigenvalue weighted by Crippen LogP contribution is 2.45. The third-order valence-electron chi connectivity index (χ3n) is 8.49. The summed E-state index contributed by atoms with van der Waals surface area (Å²) in [7, 11) is 0. The summed E-state index contributed by atoms with van der Waals surface area (Å²) >= 11 is 0. The number of hydrogen-bond acceptors (Lipinski definition) is 6. The van der Waals surface area contributed by atoms with E-state index < -0.39 is 11.2 Å². The van der Waals surface area contributed by atoms with Crippen LogP contribution < -0.4 is 20.9 Å². The van der Waals surface area contributed by atoms with Gasteiger partial charge in [-0.3, -0.25) is 0 Å². The molecule has 6 rings (SSSR count). The van der Waals surface area contributed by atoms with E-state index in [1.807, 2.05) is 12.1 Å². The maximum atomic E-state index is 14.5. The first-order chi connectivity index (χ1) is 19.6. The third-order valence-corrected chi connectivity index (χ3v) is 8.49. The van der Waals surface area contributed by atoms with E-state index in [1.54, 1.807) is 12.1 Å². The van der Waals surface area contributed by atoms with Crippen molar-refractivity contribution < 1.29 is 27.7 Å². The van der Waals surface area contributed by atoms with E-state index in [4.69, 9.17) is 30.4 Å². The molecule has 4 aliphatic heterocycles. The molecule has 2 unspecified atom stereocenters. The van der Waals surface area contributed by atoms with Crippen LogP contribution in [-0.4, -0.2) is 37.6 Å². The summed E-state index contributed by atoms with van der Waals surface area (Å²) in [5.41, 5.74) is 15.5. The fourth-order valence-electron chi connectivity index (χ4n) is 6.74. The van der Waals surface area contributed by atoms with Gasteiger partial charge in [0.1, 0.15) is 11.2 Å². The molecule has 4 aliphatic rings. The summed E-state index contributed by atoms with van der Waals surface area (Å²) < 4.78 is 51.8. The first-order valence-electron chi connectivity index (χ1n) is 15.3. The van der Waals surface area contributed by atoms with Gasteiger partial charge in [0, 0.05) is 48.9 Å². The zero-order valence-corrected chi connectivity index (χ0v) is 26.1. The Kier molecular flexibility index (Phi) is 8.42. The quantitative estimate of drug-likeness (QED) is 0.407. The maximum absolute atomic E-state index is 14.5. The van der Waals surface area contributed by atoms with Crippen molar-refractivity contribution in [2.24, 2.45) is 22.3 Å². The lowest BCUT2D eigenvalue weighted by molar-refractivity contribution is 0.0196. The van der Waals surface area contributed by atoms with E-state index in [2.05, 4.69) is 41.5 Å². The Balaban J connectivity index is 0.000000168. The van der Waals surface area contributed by atoms with Crippen LogP contribution in [0.25, 0.3) is 0 Å². The molecule has 4 atom stereocenters. The van der Waals surface area contributed by atoms with Crippen LogP contribution in [0.1, 0.15) is 102 Å². The largest absolute Gasteiger partial charge is 0.481 e. The van der Waals surface area contributed by atoms with Gasteiger partial charge >= 0.3 is 0 Å². The summed E-state index contributed by atoms with van der Waals surface area (Å²) in [5, 5.41) is 0. The lowest BCUT2D eigenvalue weighted by Crippen LogP contribution is -2.43. The Hall–Kier alpha value is -2.26. The Morgan fingerprint density at radius 2 is 1.07 bits per heavy atom. The fourth-order valence-corrected chi connectivity index (χ4v) is 6.74. The van der Waals surface area contributed by atoms with E-state index in [-0.39, 0.29) is 34.5 Å². The minimum atomic E-state index is -0.432. The monoisotopic (exact) mass is 586 g/mol. The van der Waals surface area contributed by atoms with Crippen LogP contribution in [0.2, 0.25) is 0 Å². The molecule has 4 N–H and O–H groups in total. The van der Waals surface area contributed by atoms with Gasteiger partial charge in [-0.1, -0.05) is 53.7 Å². The van der Waals surface area contributed by atoms with Crippen LogP contribution in [0, 0.1) is 22.5 Å². The van der Waals surface area contributed by atoms with Gasteiger partial charge in [0.15, 0.2) is 23.1 Å². The molecule has 2 spiro atoms. The van der Waals surface area contributed by atoms with Gasteiger partial charge in [0.2, 0.25) is 0 Å². The summed E-state index contributed by atoms with van der Waals surface area (Å²) in [6.45, 7) is 15.2. The van der Waals surface area contributed by atoms with Crippen LogP contribution >= 0.6 is 0 Å². The van der Waals surface area contributed by atoms with Crippen molar-refractivity contribution in [1.82, 2.24) is 0 Å². The van der Waals surface area contributed by atoms with E-state index in [0.717, 1.165) is 47.9 Å². The highest BCUT2D eigenvalue weighted by atomic mass is 19.1. The van der Waals surface area contributed by atoms with E-state index in [0.29, 0.717) is 50.8 Å². The molecule has 0 saturated carbocycles. The first kappa shape index (κ1) is 31.2. The van der Waals surface area contributed by atoms with Crippen LogP contribution in [0.15, 0.2) is 24.3 Å². The molecular formula is C34H48F2N2O4. The second-order valence-electron chi connectivity index (χ2n) is 15.3. The molecule has 8 heteroatoms. The predicted octanol–water partition coefficient (Wildman–Crippen LogP) is 6.71. The van der Waals surface area contributed by atoms with E-state index in [1.165, 1.54) is 0 Å². The van der Waals surface area contributed by atoms with Crippen LogP contribution in [-0.2, 0) is 22.3 Å². The normalized spacial score (nSPS) is 28.5. The molecule has 232 valence electrons. The van der Waals surface area contributed by atoms with Crippen molar-refractivity contribution in [3.63, 3.8) is 0 Å². The van der Waals surface area contributed by atoms with E-state index >= 15 is 0 Å². The zero-order valence-electron chi connectivity index (χ0n) is 26.1. The number of fused-ring (bicyclic) bond motifs is 2. The SMILES string of the molecule is CC(C)(C)Cc1cc(F)c2c(c1)[C@@H](N)CC1(CCOC1)O2.CC(C)(C)Cc1cc(F)c2c(c1)[C@@H](N)CC1(CCOC1)O2. The summed E-state index contributed by atoms with van der Waals surface area (Å²) in [6, 6.07) is 6.82. The zero-order chi connectivity index (χ0) is 30.5. The average molecular weight is 587 g/mol. The number of nitrogens with two attached hydrogens (primary N) is 2. The van der Waals surface area contributed by atoms with Gasteiger partial charge in [-0.15, -0.1) is 0 Å². The Morgan fingerprint density at radius 1 is 0.690 bits per heavy atom. The Labute approximate surface area is 249 Å². The lowest BCUT2D eigenvalue weighted by Gasteiger charge is -2.38. The standard InChI is InChI=1S/2C17H24FNO2/c2*1-16(2,3)8-11-6-12-14(19)9-17(4-5-20-10-17)21-15(12)13(18)7-11/h2*6-7,14H,4-5,8-10,19H2,1-3H3/t2*14-,17?/m00/s1. The molecule has 0 amide bonds. The molecule has 4 heterocycles. The molecule has 2 aromatic rings. The number of rotatable bonds is 2. The summed E-state index contributed by atoms with van der Waals surface area (Å²) in [5.74, 6) is 0.0650. The van der Waals surface area contributed by atoms with Crippen LogP contribution in [0.3, 0.4) is 0 Å². The Bertz CT molecular complexity index is 1190. The molecule has 0 bridgehead atoms. The second kappa shape index (κ2) is 11.3. The molecule has 2 saturated heterocycles. The third kappa shape index (κ3) is 6.93. The number of hydrogen-bond donors (Lipinski definition) is 2. The molecule has 2 fully saturated rings. The molecule has 42 heavy (non-hydrogen) atoms. The van der Waals surface area contributed by atoms with Crippen molar-refractivity contribution >= 4 is 0 Å². The average Bonchev–Trinajstić information content (AvgIpc) is 3.49. The number of ether oxygens (including phenoxy) is 4. The Morgan fingerprint density at radius 3 is 1.38 bits per heavy atom.